The topological polar surface area (TPSA) is 83.7 Å². The summed E-state index contributed by atoms with van der Waals surface area (Å²) in [6.45, 7) is 7.05. The molecule has 34 heavy (non-hydrogen) atoms. The first-order valence-corrected chi connectivity index (χ1v) is 13.1. The van der Waals surface area contributed by atoms with Crippen molar-refractivity contribution in [3.05, 3.63) is 71.2 Å². The molecule has 7 nitrogen and oxygen atoms in total. The molecule has 1 fully saturated rings. The number of piperazine rings is 1. The van der Waals surface area contributed by atoms with Crippen molar-refractivity contribution in [3.63, 3.8) is 0 Å². The zero-order chi connectivity index (χ0) is 24.3. The summed E-state index contributed by atoms with van der Waals surface area (Å²) in [6.07, 6.45) is 3.31. The van der Waals surface area contributed by atoms with E-state index in [0.29, 0.717) is 56.2 Å². The lowest BCUT2D eigenvalue weighted by molar-refractivity contribution is -0.132. The highest BCUT2D eigenvalue weighted by atomic mass is 32.2. The number of hydrogen-bond acceptors (Lipinski definition) is 5. The summed E-state index contributed by atoms with van der Waals surface area (Å²) in [5.74, 6) is 1.37. The van der Waals surface area contributed by atoms with Gasteiger partial charge in [0.25, 0.3) is 0 Å². The maximum absolute atomic E-state index is 13.3. The van der Waals surface area contributed by atoms with E-state index in [1.54, 1.807) is 11.1 Å². The molecule has 0 atom stereocenters. The van der Waals surface area contributed by atoms with Crippen molar-refractivity contribution < 1.29 is 17.6 Å². The van der Waals surface area contributed by atoms with Gasteiger partial charge in [0, 0.05) is 44.6 Å². The number of sulfonamides is 1. The molecule has 1 amide bonds. The van der Waals surface area contributed by atoms with Crippen LogP contribution in [0.5, 0.6) is 0 Å². The fraction of sp³-hybridized carbons (Fsp3) is 0.385. The Hall–Kier alpha value is -2.97. The van der Waals surface area contributed by atoms with Crippen LogP contribution < -0.4 is 0 Å². The Labute approximate surface area is 201 Å². The molecule has 3 aromatic rings. The van der Waals surface area contributed by atoms with E-state index in [0.717, 1.165) is 28.0 Å². The molecule has 1 saturated heterocycles. The lowest BCUT2D eigenvalue weighted by atomic mass is 10.1. The molecule has 0 saturated carbocycles. The van der Waals surface area contributed by atoms with Crippen molar-refractivity contribution in [2.75, 3.05) is 26.2 Å². The van der Waals surface area contributed by atoms with Crippen molar-refractivity contribution >= 4 is 15.9 Å². The molecule has 4 rings (SSSR count). The van der Waals surface area contributed by atoms with E-state index in [4.69, 9.17) is 4.42 Å². The number of rotatable bonds is 7. The molecule has 1 aliphatic heterocycles. The quantitative estimate of drug-likeness (QED) is 0.507. The van der Waals surface area contributed by atoms with E-state index >= 15 is 0 Å². The normalized spacial score (nSPS) is 15.0. The molecule has 0 bridgehead atoms. The summed E-state index contributed by atoms with van der Waals surface area (Å²) < 4.78 is 33.8. The van der Waals surface area contributed by atoms with Crippen LogP contribution in [0.3, 0.4) is 0 Å². The third-order valence-electron chi connectivity index (χ3n) is 6.19. The van der Waals surface area contributed by atoms with Gasteiger partial charge in [-0.05, 0) is 38.3 Å². The maximum atomic E-state index is 13.3. The van der Waals surface area contributed by atoms with Gasteiger partial charge in [-0.15, -0.1) is 0 Å². The van der Waals surface area contributed by atoms with Gasteiger partial charge >= 0.3 is 0 Å². The van der Waals surface area contributed by atoms with Crippen LogP contribution in [-0.2, 0) is 21.2 Å². The second kappa shape index (κ2) is 10.1. The van der Waals surface area contributed by atoms with Gasteiger partial charge in [0.2, 0.25) is 15.9 Å². The van der Waals surface area contributed by atoms with Crippen LogP contribution in [0.4, 0.5) is 0 Å². The molecule has 8 heteroatoms. The SMILES string of the molecule is Cc1cc(C)c(S(=O)(=O)N2CCN(C(=O)CCCc3ncc(-c4ccccc4)o3)CC2)c(C)c1. The molecule has 0 aliphatic carbocycles. The molecule has 0 spiro atoms. The molecule has 0 N–H and O–H groups in total. The number of carbonyl (C=O) groups is 1. The van der Waals surface area contributed by atoms with Gasteiger partial charge in [0.05, 0.1) is 11.1 Å². The Morgan fingerprint density at radius 2 is 1.65 bits per heavy atom. The van der Waals surface area contributed by atoms with Crippen molar-refractivity contribution in [2.45, 2.75) is 44.9 Å². The number of aryl methyl sites for hydroxylation is 4. The number of carbonyl (C=O) groups excluding carboxylic acids is 1. The number of aromatic nitrogens is 1. The van der Waals surface area contributed by atoms with Crippen molar-refractivity contribution in [2.24, 2.45) is 0 Å². The fourth-order valence-electron chi connectivity index (χ4n) is 4.59. The lowest BCUT2D eigenvalue weighted by Gasteiger charge is -2.34. The summed E-state index contributed by atoms with van der Waals surface area (Å²) >= 11 is 0. The average molecular weight is 482 g/mol. The highest BCUT2D eigenvalue weighted by molar-refractivity contribution is 7.89. The monoisotopic (exact) mass is 481 g/mol. The zero-order valence-electron chi connectivity index (χ0n) is 20.0. The van der Waals surface area contributed by atoms with Gasteiger partial charge < -0.3 is 9.32 Å². The molecule has 0 radical (unpaired) electrons. The minimum absolute atomic E-state index is 0.0367. The molecule has 0 unspecified atom stereocenters. The number of nitrogens with zero attached hydrogens (tertiary/aromatic N) is 3. The summed E-state index contributed by atoms with van der Waals surface area (Å²) in [5, 5.41) is 0. The van der Waals surface area contributed by atoms with E-state index in [2.05, 4.69) is 4.98 Å². The fourth-order valence-corrected chi connectivity index (χ4v) is 6.43. The molecule has 1 aromatic heterocycles. The molecule has 2 heterocycles. The van der Waals surface area contributed by atoms with Crippen LogP contribution in [0, 0.1) is 20.8 Å². The average Bonchev–Trinajstić information content (AvgIpc) is 3.28. The summed E-state index contributed by atoms with van der Waals surface area (Å²) in [6, 6.07) is 13.6. The lowest BCUT2D eigenvalue weighted by Crippen LogP contribution is -2.50. The van der Waals surface area contributed by atoms with Crippen LogP contribution >= 0.6 is 0 Å². The number of oxazole rings is 1. The summed E-state index contributed by atoms with van der Waals surface area (Å²) in [5.41, 5.74) is 3.54. The second-order valence-electron chi connectivity index (χ2n) is 8.85. The predicted octanol–water partition coefficient (Wildman–Crippen LogP) is 4.12. The second-order valence-corrected chi connectivity index (χ2v) is 10.7. The summed E-state index contributed by atoms with van der Waals surface area (Å²) in [7, 11) is -3.59. The number of hydrogen-bond donors (Lipinski definition) is 0. The van der Waals surface area contributed by atoms with E-state index in [-0.39, 0.29) is 5.91 Å². The number of amides is 1. The third-order valence-corrected chi connectivity index (χ3v) is 8.39. The Balaban J connectivity index is 1.28. The Bertz CT molecular complexity index is 1240. The van der Waals surface area contributed by atoms with Gasteiger partial charge in [0.15, 0.2) is 11.7 Å². The first-order valence-electron chi connectivity index (χ1n) is 11.6. The predicted molar refractivity (Wildman–Crippen MR) is 131 cm³/mol. The van der Waals surface area contributed by atoms with Gasteiger partial charge in [-0.1, -0.05) is 48.0 Å². The van der Waals surface area contributed by atoms with Crippen molar-refractivity contribution in [3.8, 4) is 11.3 Å². The van der Waals surface area contributed by atoms with Crippen LogP contribution in [0.2, 0.25) is 0 Å². The van der Waals surface area contributed by atoms with Crippen LogP contribution in [0.1, 0.15) is 35.4 Å². The minimum atomic E-state index is -3.59. The summed E-state index contributed by atoms with van der Waals surface area (Å²) in [4.78, 5) is 19.2. The van der Waals surface area contributed by atoms with E-state index in [9.17, 15) is 13.2 Å². The van der Waals surface area contributed by atoms with E-state index in [1.165, 1.54) is 4.31 Å². The molecule has 2 aromatic carbocycles. The first-order chi connectivity index (χ1) is 16.3. The largest absolute Gasteiger partial charge is 0.441 e. The molecular weight excluding hydrogens is 450 g/mol. The Morgan fingerprint density at radius 3 is 2.29 bits per heavy atom. The van der Waals surface area contributed by atoms with Gasteiger partial charge in [-0.2, -0.15) is 4.31 Å². The van der Waals surface area contributed by atoms with Crippen molar-refractivity contribution in [1.82, 2.24) is 14.2 Å². The highest BCUT2D eigenvalue weighted by Crippen LogP contribution is 2.26. The molecule has 1 aliphatic rings. The molecular formula is C26H31N3O4S. The van der Waals surface area contributed by atoms with E-state index < -0.39 is 10.0 Å². The smallest absolute Gasteiger partial charge is 0.243 e. The van der Waals surface area contributed by atoms with Crippen molar-refractivity contribution in [1.29, 1.82) is 0 Å². The standard InChI is InChI=1S/C26H31N3O4S/c1-19-16-20(2)26(21(3)17-19)34(31,32)29-14-12-28(13-15-29)25(30)11-7-10-24-27-18-23(33-24)22-8-5-4-6-9-22/h4-6,8-9,16-18H,7,10-15H2,1-3H3. The zero-order valence-corrected chi connectivity index (χ0v) is 20.8. The maximum Gasteiger partial charge on any atom is 0.243 e. The number of benzene rings is 2. The van der Waals surface area contributed by atoms with Crippen LogP contribution in [0.25, 0.3) is 11.3 Å². The minimum Gasteiger partial charge on any atom is -0.441 e. The third kappa shape index (κ3) is 5.23. The highest BCUT2D eigenvalue weighted by Gasteiger charge is 2.32. The van der Waals surface area contributed by atoms with E-state index in [1.807, 2.05) is 63.2 Å². The van der Waals surface area contributed by atoms with Gasteiger partial charge in [-0.25, -0.2) is 13.4 Å². The van der Waals surface area contributed by atoms with Gasteiger partial charge in [-0.3, -0.25) is 4.79 Å². The van der Waals surface area contributed by atoms with Gasteiger partial charge in [0.1, 0.15) is 0 Å². The van der Waals surface area contributed by atoms with Crippen LogP contribution in [-0.4, -0.2) is 54.7 Å². The Morgan fingerprint density at radius 1 is 1.00 bits per heavy atom. The molecule has 180 valence electrons. The Kier molecular flexibility index (Phi) is 7.19. The first kappa shape index (κ1) is 24.2. The van der Waals surface area contributed by atoms with Crippen LogP contribution in [0.15, 0.2) is 58.0 Å².